The van der Waals surface area contributed by atoms with Crippen molar-refractivity contribution in [2.45, 2.75) is 38.6 Å². The number of nitrogen functional groups attached to an aromatic ring is 1. The highest BCUT2D eigenvalue weighted by atomic mass is 16.5. The second kappa shape index (κ2) is 7.38. The quantitative estimate of drug-likeness (QED) is 0.874. The molecule has 1 unspecified atom stereocenters. The van der Waals surface area contributed by atoms with E-state index in [1.165, 1.54) is 19.3 Å². The van der Waals surface area contributed by atoms with E-state index in [1.807, 2.05) is 24.3 Å². The lowest BCUT2D eigenvalue weighted by molar-refractivity contribution is 0.415. The van der Waals surface area contributed by atoms with Gasteiger partial charge in [0.2, 0.25) is 0 Å². The molecule has 1 fully saturated rings. The number of hydrogen-bond acceptors (Lipinski definition) is 6. The average Bonchev–Trinajstić information content (AvgIpc) is 2.64. The molecule has 0 spiro atoms. The molecule has 1 saturated heterocycles. The Morgan fingerprint density at radius 2 is 2.04 bits per heavy atom. The number of benzene rings is 1. The van der Waals surface area contributed by atoms with Crippen molar-refractivity contribution in [2.75, 3.05) is 29.6 Å². The molecule has 6 heteroatoms. The topological polar surface area (TPSA) is 76.3 Å². The summed E-state index contributed by atoms with van der Waals surface area (Å²) < 4.78 is 5.18. The fourth-order valence-electron chi connectivity index (χ4n) is 3.23. The molecule has 2 aromatic rings. The van der Waals surface area contributed by atoms with Crippen LogP contribution < -0.4 is 20.7 Å². The van der Waals surface area contributed by atoms with Crippen LogP contribution in [0.4, 0.5) is 23.0 Å². The van der Waals surface area contributed by atoms with Crippen LogP contribution in [0.1, 0.15) is 32.6 Å². The molecule has 0 saturated carbocycles. The second-order valence-corrected chi connectivity index (χ2v) is 6.06. The standard InChI is InChI=1S/C18H25N5O/c1-3-14-6-4-5-11-23(14)18-16(19)17(20-12-21-18)22-13-7-9-15(24-2)10-8-13/h7-10,12,14H,3-6,11,19H2,1-2H3,(H,20,21,22). The van der Waals surface area contributed by atoms with Crippen LogP contribution in [0, 0.1) is 0 Å². The van der Waals surface area contributed by atoms with E-state index in [9.17, 15) is 0 Å². The number of hydrogen-bond donors (Lipinski definition) is 2. The number of nitrogens with two attached hydrogens (primary N) is 1. The van der Waals surface area contributed by atoms with Gasteiger partial charge in [-0.15, -0.1) is 0 Å². The molecule has 0 amide bonds. The van der Waals surface area contributed by atoms with Gasteiger partial charge in [0.15, 0.2) is 11.6 Å². The molecule has 0 bridgehead atoms. The summed E-state index contributed by atoms with van der Waals surface area (Å²) in [7, 11) is 1.65. The molecule has 128 valence electrons. The summed E-state index contributed by atoms with van der Waals surface area (Å²) in [6.45, 7) is 3.22. The SMILES string of the molecule is CCC1CCCCN1c1ncnc(Nc2ccc(OC)cc2)c1N. The summed E-state index contributed by atoms with van der Waals surface area (Å²) in [5, 5.41) is 3.28. The van der Waals surface area contributed by atoms with Gasteiger partial charge < -0.3 is 20.7 Å². The minimum absolute atomic E-state index is 0.504. The van der Waals surface area contributed by atoms with Gasteiger partial charge in [-0.3, -0.25) is 0 Å². The summed E-state index contributed by atoms with van der Waals surface area (Å²) in [5.41, 5.74) is 7.90. The van der Waals surface area contributed by atoms with Crippen LogP contribution >= 0.6 is 0 Å². The van der Waals surface area contributed by atoms with E-state index in [0.29, 0.717) is 17.5 Å². The molecule has 1 aromatic carbocycles. The zero-order valence-electron chi connectivity index (χ0n) is 14.3. The molecule has 2 heterocycles. The van der Waals surface area contributed by atoms with E-state index in [4.69, 9.17) is 10.5 Å². The van der Waals surface area contributed by atoms with Crippen LogP contribution in [-0.4, -0.2) is 29.7 Å². The minimum Gasteiger partial charge on any atom is -0.497 e. The molecule has 3 N–H and O–H groups in total. The third-order valence-electron chi connectivity index (χ3n) is 4.59. The van der Waals surface area contributed by atoms with Gasteiger partial charge in [-0.2, -0.15) is 0 Å². The van der Waals surface area contributed by atoms with Gasteiger partial charge in [-0.1, -0.05) is 6.92 Å². The highest BCUT2D eigenvalue weighted by Crippen LogP contribution is 2.33. The van der Waals surface area contributed by atoms with E-state index < -0.39 is 0 Å². The van der Waals surface area contributed by atoms with Crippen LogP contribution in [0.25, 0.3) is 0 Å². The summed E-state index contributed by atoms with van der Waals surface area (Å²) in [6.07, 6.45) is 6.34. The Hall–Kier alpha value is -2.50. The highest BCUT2D eigenvalue weighted by Gasteiger charge is 2.24. The van der Waals surface area contributed by atoms with Gasteiger partial charge in [0.1, 0.15) is 17.8 Å². The molecular formula is C18H25N5O. The second-order valence-electron chi connectivity index (χ2n) is 6.06. The maximum absolute atomic E-state index is 6.38. The Kier molecular flexibility index (Phi) is 5.03. The first-order valence-corrected chi connectivity index (χ1v) is 8.51. The normalized spacial score (nSPS) is 17.6. The molecule has 0 aliphatic carbocycles. The molecule has 1 aliphatic rings. The Morgan fingerprint density at radius 3 is 2.75 bits per heavy atom. The first kappa shape index (κ1) is 16.4. The third kappa shape index (κ3) is 3.37. The van der Waals surface area contributed by atoms with Crippen molar-refractivity contribution in [3.05, 3.63) is 30.6 Å². The van der Waals surface area contributed by atoms with Crippen LogP contribution in [0.2, 0.25) is 0 Å². The number of piperidine rings is 1. The first-order chi connectivity index (χ1) is 11.7. The van der Waals surface area contributed by atoms with Crippen LogP contribution in [0.15, 0.2) is 30.6 Å². The van der Waals surface area contributed by atoms with E-state index in [1.54, 1.807) is 13.4 Å². The fraction of sp³-hybridized carbons (Fsp3) is 0.444. The third-order valence-corrected chi connectivity index (χ3v) is 4.59. The Labute approximate surface area is 143 Å². The highest BCUT2D eigenvalue weighted by molar-refractivity contribution is 5.78. The largest absolute Gasteiger partial charge is 0.497 e. The van der Waals surface area contributed by atoms with Crippen molar-refractivity contribution < 1.29 is 4.74 Å². The molecule has 6 nitrogen and oxygen atoms in total. The predicted octanol–water partition coefficient (Wildman–Crippen LogP) is 3.58. The predicted molar refractivity (Wildman–Crippen MR) is 98.0 cm³/mol. The number of aromatic nitrogens is 2. The van der Waals surface area contributed by atoms with Crippen LogP contribution in [0.5, 0.6) is 5.75 Å². The zero-order valence-corrected chi connectivity index (χ0v) is 14.3. The number of rotatable bonds is 5. The van der Waals surface area contributed by atoms with E-state index in [0.717, 1.165) is 30.2 Å². The van der Waals surface area contributed by atoms with Crippen molar-refractivity contribution in [1.82, 2.24) is 9.97 Å². The average molecular weight is 327 g/mol. The molecule has 1 aliphatic heterocycles. The number of nitrogens with zero attached hydrogens (tertiary/aromatic N) is 3. The van der Waals surface area contributed by atoms with E-state index in [-0.39, 0.29) is 0 Å². The molecule has 1 aromatic heterocycles. The van der Waals surface area contributed by atoms with Crippen molar-refractivity contribution in [3.63, 3.8) is 0 Å². The Balaban J connectivity index is 1.84. The van der Waals surface area contributed by atoms with E-state index in [2.05, 4.69) is 27.1 Å². The first-order valence-electron chi connectivity index (χ1n) is 8.51. The van der Waals surface area contributed by atoms with Gasteiger partial charge in [0.05, 0.1) is 7.11 Å². The monoisotopic (exact) mass is 327 g/mol. The number of anilines is 4. The summed E-state index contributed by atoms with van der Waals surface area (Å²) in [4.78, 5) is 11.1. The number of nitrogens with one attached hydrogen (secondary N) is 1. The van der Waals surface area contributed by atoms with Crippen LogP contribution in [-0.2, 0) is 0 Å². The van der Waals surface area contributed by atoms with E-state index >= 15 is 0 Å². The summed E-state index contributed by atoms with van der Waals surface area (Å²) >= 11 is 0. The Bertz CT molecular complexity index is 674. The molecular weight excluding hydrogens is 302 g/mol. The van der Waals surface area contributed by atoms with Crippen molar-refractivity contribution in [3.8, 4) is 5.75 Å². The lowest BCUT2D eigenvalue weighted by Crippen LogP contribution is -2.40. The zero-order chi connectivity index (χ0) is 16.9. The van der Waals surface area contributed by atoms with Gasteiger partial charge >= 0.3 is 0 Å². The Morgan fingerprint density at radius 1 is 1.25 bits per heavy atom. The molecule has 0 radical (unpaired) electrons. The molecule has 24 heavy (non-hydrogen) atoms. The van der Waals surface area contributed by atoms with Gasteiger partial charge in [-0.05, 0) is 49.9 Å². The number of methoxy groups -OCH3 is 1. The summed E-state index contributed by atoms with van der Waals surface area (Å²) in [6, 6.07) is 8.19. The molecule has 3 rings (SSSR count). The van der Waals surface area contributed by atoms with Crippen molar-refractivity contribution in [2.24, 2.45) is 0 Å². The minimum atomic E-state index is 0.504. The van der Waals surface area contributed by atoms with Gasteiger partial charge in [0.25, 0.3) is 0 Å². The maximum Gasteiger partial charge on any atom is 0.159 e. The van der Waals surface area contributed by atoms with Crippen LogP contribution in [0.3, 0.4) is 0 Å². The fourth-order valence-corrected chi connectivity index (χ4v) is 3.23. The lowest BCUT2D eigenvalue weighted by atomic mass is 10.00. The lowest BCUT2D eigenvalue weighted by Gasteiger charge is -2.36. The van der Waals surface area contributed by atoms with Crippen molar-refractivity contribution in [1.29, 1.82) is 0 Å². The number of ether oxygens (including phenoxy) is 1. The summed E-state index contributed by atoms with van der Waals surface area (Å²) in [5.74, 6) is 2.30. The van der Waals surface area contributed by atoms with Gasteiger partial charge in [-0.25, -0.2) is 9.97 Å². The molecule has 1 atom stereocenters. The van der Waals surface area contributed by atoms with Crippen molar-refractivity contribution >= 4 is 23.0 Å². The van der Waals surface area contributed by atoms with Gasteiger partial charge in [0, 0.05) is 18.3 Å². The smallest absolute Gasteiger partial charge is 0.159 e. The maximum atomic E-state index is 6.38.